The fourth-order valence-corrected chi connectivity index (χ4v) is 6.49. The number of rotatable bonds is 40. The Bertz CT molecular complexity index is 727. The van der Waals surface area contributed by atoms with E-state index in [2.05, 4.69) is 47.2 Å². The Morgan fingerprint density at radius 1 is 0.246 bits per heavy atom. The molecule has 0 bridgehead atoms. The molecule has 0 spiro atoms. The van der Waals surface area contributed by atoms with Gasteiger partial charge in [0.25, 0.3) is 23.9 Å². The van der Waals surface area contributed by atoms with Crippen molar-refractivity contribution in [2.24, 2.45) is 0 Å². The quantitative estimate of drug-likeness (QED) is 0.0320. The molecule has 360 valence electrons. The van der Waals surface area contributed by atoms with E-state index in [0.717, 1.165) is 77.0 Å². The van der Waals surface area contributed by atoms with Crippen molar-refractivity contribution in [3.8, 4) is 0 Å². The monoisotopic (exact) mass is 951 g/mol. The van der Waals surface area contributed by atoms with Crippen LogP contribution in [0.5, 0.6) is 0 Å². The molecule has 13 heteroatoms. The molecule has 12 nitrogen and oxygen atoms in total. The van der Waals surface area contributed by atoms with Gasteiger partial charge in [0, 0.05) is 25.7 Å². The van der Waals surface area contributed by atoms with Crippen molar-refractivity contribution < 1.29 is 86.0 Å². The van der Waals surface area contributed by atoms with Gasteiger partial charge >= 0.3 is 26.2 Å². The number of unbranched alkanes of at least 4 members (excludes halogenated alkanes) is 32. The van der Waals surface area contributed by atoms with Crippen molar-refractivity contribution in [2.45, 2.75) is 285 Å². The van der Waals surface area contributed by atoms with Crippen LogP contribution < -0.4 is 21.0 Å². The Balaban J connectivity index is -0.000000227. The van der Waals surface area contributed by atoms with Crippen LogP contribution in [-0.4, -0.2) is 23.9 Å². The van der Waals surface area contributed by atoms with Gasteiger partial charge < -0.3 is 40.6 Å². The molecular formula is C48H92O12Zr. The normalized spacial score (nSPS) is 10.1. The van der Waals surface area contributed by atoms with Gasteiger partial charge in [-0.2, -0.15) is 0 Å². The SMILES string of the molecule is CCCCCCCCCCCC(=O)O[O-].CCCCCCCCCCCC(=O)O[O-].CCCCCCCCCCCC(=O)O[O-].CCCCCCCCCCCC(=O)O[O-].[Zr+4]. The average molecular weight is 952 g/mol. The van der Waals surface area contributed by atoms with E-state index in [1.54, 1.807) is 0 Å². The Morgan fingerprint density at radius 2 is 0.361 bits per heavy atom. The molecular weight excluding hydrogens is 860 g/mol. The van der Waals surface area contributed by atoms with Gasteiger partial charge in [-0.25, -0.2) is 0 Å². The van der Waals surface area contributed by atoms with Crippen LogP contribution in [0.15, 0.2) is 0 Å². The predicted molar refractivity (Wildman–Crippen MR) is 232 cm³/mol. The second-order valence-electron chi connectivity index (χ2n) is 16.1. The molecule has 0 amide bonds. The maximum Gasteiger partial charge on any atom is 4.00 e. The van der Waals surface area contributed by atoms with Crippen LogP contribution in [0.1, 0.15) is 285 Å². The van der Waals surface area contributed by atoms with Gasteiger partial charge in [0.05, 0.1) is 0 Å². The zero-order chi connectivity index (χ0) is 45.4. The number of carbonyl (C=O) groups is 4. The first-order valence-corrected chi connectivity index (χ1v) is 24.5. The Kier molecular flexibility index (Phi) is 73.4. The topological polar surface area (TPSA) is 197 Å². The smallest absolute Gasteiger partial charge is 0.662 e. The number of hydrogen-bond acceptors (Lipinski definition) is 12. The van der Waals surface area contributed by atoms with E-state index in [-0.39, 0.29) is 51.9 Å². The number of carbonyl (C=O) groups excluding carboxylic acids is 4. The van der Waals surface area contributed by atoms with Crippen LogP contribution in [0.3, 0.4) is 0 Å². The molecule has 0 radical (unpaired) electrons. The van der Waals surface area contributed by atoms with E-state index < -0.39 is 23.9 Å². The van der Waals surface area contributed by atoms with Gasteiger partial charge in [-0.05, 0) is 25.7 Å². The summed E-state index contributed by atoms with van der Waals surface area (Å²) in [7, 11) is 0. The molecule has 0 heterocycles. The maximum atomic E-state index is 10.5. The van der Waals surface area contributed by atoms with Crippen LogP contribution in [0.2, 0.25) is 0 Å². The van der Waals surface area contributed by atoms with Gasteiger partial charge in [-0.1, -0.05) is 233 Å². The molecule has 0 aromatic carbocycles. The van der Waals surface area contributed by atoms with Crippen LogP contribution in [-0.2, 0) is 64.9 Å². The molecule has 0 aromatic heterocycles. The predicted octanol–water partition coefficient (Wildman–Crippen LogP) is 10.9. The second kappa shape index (κ2) is 65.2. The first kappa shape index (κ1) is 68.7. The van der Waals surface area contributed by atoms with Crippen molar-refractivity contribution in [2.75, 3.05) is 0 Å². The summed E-state index contributed by atoms with van der Waals surface area (Å²) in [5.74, 6) is -2.51. The minimum absolute atomic E-state index is 0. The molecule has 0 fully saturated rings. The third kappa shape index (κ3) is 73.3. The zero-order valence-corrected chi connectivity index (χ0v) is 42.1. The van der Waals surface area contributed by atoms with E-state index >= 15 is 0 Å². The summed E-state index contributed by atoms with van der Waals surface area (Å²) in [5.41, 5.74) is 0. The summed E-state index contributed by atoms with van der Waals surface area (Å²) in [6.45, 7) is 8.87. The average Bonchev–Trinajstić information content (AvgIpc) is 3.27. The molecule has 0 aliphatic carbocycles. The second-order valence-corrected chi connectivity index (χ2v) is 16.1. The molecule has 0 atom stereocenters. The van der Waals surface area contributed by atoms with Crippen molar-refractivity contribution in [1.82, 2.24) is 0 Å². The molecule has 0 saturated heterocycles. The van der Waals surface area contributed by atoms with Crippen molar-refractivity contribution in [3.63, 3.8) is 0 Å². The fourth-order valence-electron chi connectivity index (χ4n) is 6.49. The van der Waals surface area contributed by atoms with Crippen molar-refractivity contribution in [3.05, 3.63) is 0 Å². The molecule has 0 aromatic rings. The summed E-state index contributed by atoms with van der Waals surface area (Å²) < 4.78 is 0. The molecule has 0 aliphatic rings. The first-order valence-electron chi connectivity index (χ1n) is 24.5. The minimum atomic E-state index is -0.627. The third-order valence-corrected chi connectivity index (χ3v) is 10.3. The van der Waals surface area contributed by atoms with Crippen LogP contribution >= 0.6 is 0 Å². The molecule has 61 heavy (non-hydrogen) atoms. The van der Waals surface area contributed by atoms with Gasteiger partial charge in [0.2, 0.25) is 0 Å². The summed E-state index contributed by atoms with van der Waals surface area (Å²) in [4.78, 5) is 55.3. The van der Waals surface area contributed by atoms with E-state index in [0.29, 0.717) is 0 Å². The Hall–Kier alpha value is -1.40. The fraction of sp³-hybridized carbons (Fsp3) is 0.917. The standard InChI is InChI=1S/4C12H24O3.Zr/c4*1-2-3-4-5-6-7-8-9-10-11-12(13)15-14;/h4*14H,2-11H2,1H3;/q;;;;+4/p-4. The van der Waals surface area contributed by atoms with E-state index in [1.807, 2.05) is 0 Å². The largest absolute Gasteiger partial charge is 4.00 e. The Labute approximate surface area is 392 Å². The third-order valence-electron chi connectivity index (χ3n) is 10.3. The van der Waals surface area contributed by atoms with Crippen LogP contribution in [0, 0.1) is 0 Å². The summed E-state index contributed by atoms with van der Waals surface area (Å²) in [6, 6.07) is 0. The molecule has 0 N–H and O–H groups in total. The van der Waals surface area contributed by atoms with E-state index in [4.69, 9.17) is 0 Å². The van der Waals surface area contributed by atoms with E-state index in [1.165, 1.54) is 154 Å². The molecule has 0 unspecified atom stereocenters. The summed E-state index contributed by atoms with van der Waals surface area (Å²) in [5, 5.41) is 38.6. The molecule has 0 aliphatic heterocycles. The van der Waals surface area contributed by atoms with Gasteiger partial charge in [0.1, 0.15) is 0 Å². The van der Waals surface area contributed by atoms with Gasteiger partial charge in [0.15, 0.2) is 0 Å². The summed E-state index contributed by atoms with van der Waals surface area (Å²) >= 11 is 0. The zero-order valence-electron chi connectivity index (χ0n) is 39.7. The minimum Gasteiger partial charge on any atom is -0.662 e. The first-order chi connectivity index (χ1) is 29.2. The van der Waals surface area contributed by atoms with Crippen LogP contribution in [0.4, 0.5) is 0 Å². The summed E-state index contributed by atoms with van der Waals surface area (Å²) in [6.07, 6.45) is 44.4. The van der Waals surface area contributed by atoms with E-state index in [9.17, 15) is 40.2 Å². The van der Waals surface area contributed by atoms with Gasteiger partial charge in [-0.3, -0.25) is 19.2 Å². The molecule has 0 saturated carbocycles. The Morgan fingerprint density at radius 3 is 0.475 bits per heavy atom. The van der Waals surface area contributed by atoms with Crippen molar-refractivity contribution >= 4 is 23.9 Å². The maximum absolute atomic E-state index is 10.5. The molecule has 0 rings (SSSR count). The van der Waals surface area contributed by atoms with Gasteiger partial charge in [-0.15, -0.1) is 0 Å². The van der Waals surface area contributed by atoms with Crippen molar-refractivity contribution in [1.29, 1.82) is 0 Å². The van der Waals surface area contributed by atoms with Crippen LogP contribution in [0.25, 0.3) is 0 Å². The number of hydrogen-bond donors (Lipinski definition) is 0.